The zero-order valence-corrected chi connectivity index (χ0v) is 19.8. The van der Waals surface area contributed by atoms with E-state index < -0.39 is 0 Å². The average Bonchev–Trinajstić information content (AvgIpc) is 2.86. The number of rotatable bonds is 12. The van der Waals surface area contributed by atoms with Crippen molar-refractivity contribution in [2.45, 2.75) is 95.9 Å². The lowest BCUT2D eigenvalue weighted by atomic mass is 9.86. The van der Waals surface area contributed by atoms with Crippen molar-refractivity contribution in [1.29, 1.82) is 0 Å². The van der Waals surface area contributed by atoms with Crippen molar-refractivity contribution in [2.24, 2.45) is 11.8 Å². The molecule has 0 aliphatic heterocycles. The molecule has 184 valence electrons. The molecule has 2 fully saturated rings. The predicted molar refractivity (Wildman–Crippen MR) is 125 cm³/mol. The monoisotopic (exact) mass is 460 g/mol. The van der Waals surface area contributed by atoms with Gasteiger partial charge in [-0.3, -0.25) is 9.59 Å². The van der Waals surface area contributed by atoms with Gasteiger partial charge in [-0.1, -0.05) is 43.2 Å². The number of carbonyl (C=O) groups is 2. The van der Waals surface area contributed by atoms with Gasteiger partial charge in [-0.15, -0.1) is 0 Å². The molecule has 2 aliphatic rings. The molecule has 3 rings (SSSR count). The van der Waals surface area contributed by atoms with Gasteiger partial charge in [0.2, 0.25) is 0 Å². The summed E-state index contributed by atoms with van der Waals surface area (Å²) in [7, 11) is 0. The van der Waals surface area contributed by atoms with E-state index in [-0.39, 0.29) is 42.6 Å². The normalized spacial score (nSPS) is 25.4. The Morgan fingerprint density at radius 1 is 0.758 bits per heavy atom. The van der Waals surface area contributed by atoms with Crippen LogP contribution in [0.5, 0.6) is 0 Å². The van der Waals surface area contributed by atoms with E-state index in [4.69, 9.17) is 19.3 Å². The molecule has 1 N–H and O–H groups in total. The molecule has 2 saturated carbocycles. The van der Waals surface area contributed by atoms with Gasteiger partial charge in [-0.25, -0.2) is 0 Å². The SMILES string of the molecule is O=C(OCc1ccccc1)C1CCC(OC(=O)C2CCC(OCCCCCCO)CC2)CC1. The van der Waals surface area contributed by atoms with Crippen LogP contribution in [-0.2, 0) is 30.4 Å². The standard InChI is InChI=1S/C27H40O6/c28-18-6-1-2-7-19-31-24-14-10-23(11-15-24)27(30)33-25-16-12-22(13-17-25)26(29)32-20-21-8-4-3-5-9-21/h3-5,8-9,22-25,28H,1-2,6-7,10-20H2. The Balaban J connectivity index is 1.26. The van der Waals surface area contributed by atoms with Gasteiger partial charge in [0.05, 0.1) is 17.9 Å². The molecule has 1 aromatic rings. The largest absolute Gasteiger partial charge is 0.462 e. The van der Waals surface area contributed by atoms with E-state index in [1.54, 1.807) is 0 Å². The van der Waals surface area contributed by atoms with Gasteiger partial charge in [0.1, 0.15) is 12.7 Å². The fourth-order valence-corrected chi connectivity index (χ4v) is 4.81. The number of ether oxygens (including phenoxy) is 3. The van der Waals surface area contributed by atoms with Crippen LogP contribution < -0.4 is 0 Å². The molecule has 0 unspecified atom stereocenters. The van der Waals surface area contributed by atoms with E-state index in [1.807, 2.05) is 30.3 Å². The number of esters is 2. The molecule has 2 aliphatic carbocycles. The summed E-state index contributed by atoms with van der Waals surface area (Å²) in [6, 6.07) is 9.71. The minimum atomic E-state index is -0.143. The van der Waals surface area contributed by atoms with Gasteiger partial charge in [-0.05, 0) is 69.8 Å². The Bertz CT molecular complexity index is 690. The highest BCUT2D eigenvalue weighted by molar-refractivity contribution is 5.73. The molecular weight excluding hydrogens is 420 g/mol. The third-order valence-electron chi connectivity index (χ3n) is 6.93. The molecule has 33 heavy (non-hydrogen) atoms. The van der Waals surface area contributed by atoms with Crippen molar-refractivity contribution in [3.05, 3.63) is 35.9 Å². The number of hydrogen-bond acceptors (Lipinski definition) is 6. The Hall–Kier alpha value is -1.92. The third-order valence-corrected chi connectivity index (χ3v) is 6.93. The molecule has 0 spiro atoms. The second kappa shape index (κ2) is 14.4. The van der Waals surface area contributed by atoms with Crippen LogP contribution in [0.15, 0.2) is 30.3 Å². The van der Waals surface area contributed by atoms with E-state index in [9.17, 15) is 9.59 Å². The zero-order valence-electron chi connectivity index (χ0n) is 19.8. The van der Waals surface area contributed by atoms with Gasteiger partial charge in [0, 0.05) is 13.2 Å². The maximum atomic E-state index is 12.6. The van der Waals surface area contributed by atoms with Crippen LogP contribution >= 0.6 is 0 Å². The topological polar surface area (TPSA) is 82.1 Å². The van der Waals surface area contributed by atoms with Crippen molar-refractivity contribution in [3.63, 3.8) is 0 Å². The summed E-state index contributed by atoms with van der Waals surface area (Å²) in [5, 5.41) is 8.80. The third kappa shape index (κ3) is 9.09. The summed E-state index contributed by atoms with van der Waals surface area (Å²) < 4.78 is 17.2. The highest BCUT2D eigenvalue weighted by atomic mass is 16.5. The van der Waals surface area contributed by atoms with Crippen molar-refractivity contribution >= 4 is 11.9 Å². The van der Waals surface area contributed by atoms with Gasteiger partial charge in [0.15, 0.2) is 0 Å². The van der Waals surface area contributed by atoms with Crippen LogP contribution in [0, 0.1) is 11.8 Å². The molecule has 6 nitrogen and oxygen atoms in total. The molecule has 0 amide bonds. The summed E-state index contributed by atoms with van der Waals surface area (Å²) in [4.78, 5) is 25.0. The lowest BCUT2D eigenvalue weighted by Crippen LogP contribution is -2.33. The predicted octanol–water partition coefficient (Wildman–Crippen LogP) is 4.96. The van der Waals surface area contributed by atoms with Crippen molar-refractivity contribution < 1.29 is 28.9 Å². The molecule has 0 bridgehead atoms. The van der Waals surface area contributed by atoms with Crippen LogP contribution in [0.4, 0.5) is 0 Å². The van der Waals surface area contributed by atoms with Gasteiger partial charge >= 0.3 is 11.9 Å². The molecule has 0 radical (unpaired) electrons. The van der Waals surface area contributed by atoms with Gasteiger partial charge in [0.25, 0.3) is 0 Å². The maximum absolute atomic E-state index is 12.6. The minimum absolute atomic E-state index is 0.0250. The van der Waals surface area contributed by atoms with Crippen LogP contribution in [0.25, 0.3) is 0 Å². The summed E-state index contributed by atoms with van der Waals surface area (Å²) in [6.45, 7) is 1.34. The highest BCUT2D eigenvalue weighted by Gasteiger charge is 2.32. The van der Waals surface area contributed by atoms with E-state index in [0.29, 0.717) is 19.4 Å². The second-order valence-electron chi connectivity index (χ2n) is 9.49. The second-order valence-corrected chi connectivity index (χ2v) is 9.49. The highest BCUT2D eigenvalue weighted by Crippen LogP contribution is 2.31. The molecule has 0 aromatic heterocycles. The summed E-state index contributed by atoms with van der Waals surface area (Å²) >= 11 is 0. The molecule has 0 saturated heterocycles. The first-order valence-electron chi connectivity index (χ1n) is 12.8. The molecule has 6 heteroatoms. The van der Waals surface area contributed by atoms with E-state index in [0.717, 1.165) is 76.4 Å². The Morgan fingerprint density at radius 2 is 1.36 bits per heavy atom. The van der Waals surface area contributed by atoms with E-state index in [2.05, 4.69) is 0 Å². The van der Waals surface area contributed by atoms with Crippen LogP contribution in [0.3, 0.4) is 0 Å². The fourth-order valence-electron chi connectivity index (χ4n) is 4.81. The lowest BCUT2D eigenvalue weighted by molar-refractivity contribution is -0.160. The lowest BCUT2D eigenvalue weighted by Gasteiger charge is -2.31. The van der Waals surface area contributed by atoms with E-state index in [1.165, 1.54) is 0 Å². The molecule has 1 aromatic carbocycles. The molecule has 0 heterocycles. The Labute approximate surface area is 198 Å². The van der Waals surface area contributed by atoms with E-state index >= 15 is 0 Å². The van der Waals surface area contributed by atoms with Crippen molar-refractivity contribution in [1.82, 2.24) is 0 Å². The van der Waals surface area contributed by atoms with Crippen molar-refractivity contribution in [3.8, 4) is 0 Å². The fraction of sp³-hybridized carbons (Fsp3) is 0.704. The van der Waals surface area contributed by atoms with Crippen LogP contribution in [-0.4, -0.2) is 42.5 Å². The minimum Gasteiger partial charge on any atom is -0.462 e. The number of unbranched alkanes of at least 4 members (excludes halogenated alkanes) is 3. The number of hydrogen-bond donors (Lipinski definition) is 1. The van der Waals surface area contributed by atoms with Crippen LogP contribution in [0.2, 0.25) is 0 Å². The summed E-state index contributed by atoms with van der Waals surface area (Å²) in [5.74, 6) is -0.342. The number of carbonyl (C=O) groups excluding carboxylic acids is 2. The Morgan fingerprint density at radius 3 is 2.03 bits per heavy atom. The quantitative estimate of drug-likeness (QED) is 0.351. The number of benzene rings is 1. The summed E-state index contributed by atoms with van der Waals surface area (Å²) in [6.07, 6.45) is 10.6. The smallest absolute Gasteiger partial charge is 0.309 e. The first-order chi connectivity index (χ1) is 16.2. The maximum Gasteiger partial charge on any atom is 0.309 e. The molecule has 0 atom stereocenters. The van der Waals surface area contributed by atoms with Crippen molar-refractivity contribution in [2.75, 3.05) is 13.2 Å². The van der Waals surface area contributed by atoms with Crippen LogP contribution in [0.1, 0.15) is 82.6 Å². The average molecular weight is 461 g/mol. The zero-order chi connectivity index (χ0) is 23.3. The first-order valence-corrected chi connectivity index (χ1v) is 12.8. The number of aliphatic hydroxyl groups excluding tert-OH is 1. The molecular formula is C27H40O6. The van der Waals surface area contributed by atoms with Gasteiger partial charge in [-0.2, -0.15) is 0 Å². The number of aliphatic hydroxyl groups is 1. The first kappa shape index (κ1) is 25.7. The Kier molecular flexibility index (Phi) is 11.2. The van der Waals surface area contributed by atoms with Gasteiger partial charge < -0.3 is 19.3 Å². The summed E-state index contributed by atoms with van der Waals surface area (Å²) in [5.41, 5.74) is 0.992.